The van der Waals surface area contributed by atoms with Crippen molar-refractivity contribution in [2.75, 3.05) is 0 Å². The van der Waals surface area contributed by atoms with Crippen LogP contribution in [0, 0.1) is 0 Å². The molecule has 0 saturated heterocycles. The highest BCUT2D eigenvalue weighted by molar-refractivity contribution is 7.80. The molecule has 0 heterocycles. The first-order chi connectivity index (χ1) is 23.8. The smallest absolute Gasteiger partial charge is 0.0134 e. The Morgan fingerprint density at radius 3 is 0.625 bits per heavy atom. The van der Waals surface area contributed by atoms with Crippen LogP contribution in [0.25, 0.3) is 24.3 Å². The molecule has 0 aromatic heterocycles. The Bertz CT molecular complexity index is 1830. The first kappa shape index (κ1) is 31.5. The van der Waals surface area contributed by atoms with E-state index < -0.39 is 15.8 Å². The normalized spacial score (nSPS) is 11.5. The van der Waals surface area contributed by atoms with E-state index in [4.69, 9.17) is 0 Å². The van der Waals surface area contributed by atoms with Crippen LogP contribution in [0.2, 0.25) is 0 Å². The lowest BCUT2D eigenvalue weighted by Crippen LogP contribution is -2.20. The molecular weight excluding hydrogens is 614 g/mol. The number of benzene rings is 7. The first-order valence-electron chi connectivity index (χ1n) is 16.3. The van der Waals surface area contributed by atoms with E-state index in [1.807, 2.05) is 0 Å². The Morgan fingerprint density at radius 2 is 0.396 bits per heavy atom. The van der Waals surface area contributed by atoms with Crippen LogP contribution in [0.5, 0.6) is 0 Å². The minimum Gasteiger partial charge on any atom is -0.0622 e. The zero-order valence-electron chi connectivity index (χ0n) is 26.7. The van der Waals surface area contributed by atoms with Gasteiger partial charge in [-0.15, -0.1) is 0 Å². The topological polar surface area (TPSA) is 0 Å². The molecule has 48 heavy (non-hydrogen) atoms. The van der Waals surface area contributed by atoms with Crippen molar-refractivity contribution in [2.24, 2.45) is 0 Å². The average molecular weight is 651 g/mol. The summed E-state index contributed by atoms with van der Waals surface area (Å²) in [5.74, 6) is 0. The SMILES string of the molecule is C(=Cc1ccc(P(c2ccccc2)c2ccccc2)cc1)c1ccc(C=Cc2ccc(P(c3ccccc3)c3ccccc3)cc2)cc1. The third-order valence-electron chi connectivity index (χ3n) is 8.23. The van der Waals surface area contributed by atoms with Gasteiger partial charge in [-0.1, -0.05) is 218 Å². The second-order valence-corrected chi connectivity index (χ2v) is 16.0. The molecule has 0 bridgehead atoms. The Kier molecular flexibility index (Phi) is 10.3. The number of rotatable bonds is 10. The maximum atomic E-state index is 2.29. The molecule has 0 N–H and O–H groups in total. The largest absolute Gasteiger partial charge is 0.0622 e. The van der Waals surface area contributed by atoms with Crippen LogP contribution in [0.4, 0.5) is 0 Å². The maximum absolute atomic E-state index is 2.29. The molecule has 7 aromatic rings. The molecule has 0 nitrogen and oxygen atoms in total. The molecule has 0 aliphatic carbocycles. The molecule has 0 aliphatic rings. The van der Waals surface area contributed by atoms with Crippen molar-refractivity contribution in [3.05, 3.63) is 216 Å². The van der Waals surface area contributed by atoms with E-state index in [2.05, 4.69) is 218 Å². The standard InChI is InChI=1S/C46H36P2/c1-5-13-41(14-6-1)47(42-15-7-2-8-16-42)45-33-29-39(30-34-45)27-25-37-21-23-38(24-22-37)26-28-40-31-35-46(36-32-40)48(43-17-9-3-10-18-43)44-19-11-4-12-20-44/h1-36H. The van der Waals surface area contributed by atoms with Crippen molar-refractivity contribution >= 4 is 72.0 Å². The van der Waals surface area contributed by atoms with Crippen LogP contribution >= 0.6 is 15.8 Å². The zero-order valence-corrected chi connectivity index (χ0v) is 28.5. The van der Waals surface area contributed by atoms with E-state index in [9.17, 15) is 0 Å². The van der Waals surface area contributed by atoms with Gasteiger partial charge in [0.2, 0.25) is 0 Å². The van der Waals surface area contributed by atoms with Gasteiger partial charge in [0.25, 0.3) is 0 Å². The van der Waals surface area contributed by atoms with Crippen LogP contribution in [0.3, 0.4) is 0 Å². The molecule has 7 rings (SSSR count). The maximum Gasteiger partial charge on any atom is -0.0134 e. The van der Waals surface area contributed by atoms with Gasteiger partial charge in [0.15, 0.2) is 0 Å². The summed E-state index contributed by atoms with van der Waals surface area (Å²) in [5, 5.41) is 8.20. The lowest BCUT2D eigenvalue weighted by Gasteiger charge is -2.19. The summed E-state index contributed by atoms with van der Waals surface area (Å²) in [4.78, 5) is 0. The van der Waals surface area contributed by atoms with Crippen LogP contribution in [0.1, 0.15) is 22.3 Å². The van der Waals surface area contributed by atoms with E-state index in [-0.39, 0.29) is 0 Å². The van der Waals surface area contributed by atoms with E-state index >= 15 is 0 Å². The Morgan fingerprint density at radius 1 is 0.208 bits per heavy atom. The highest BCUT2D eigenvalue weighted by atomic mass is 31.1. The van der Waals surface area contributed by atoms with Crippen molar-refractivity contribution in [1.29, 1.82) is 0 Å². The fraction of sp³-hybridized carbons (Fsp3) is 0. The molecule has 0 aliphatic heterocycles. The average Bonchev–Trinajstić information content (AvgIpc) is 3.17. The van der Waals surface area contributed by atoms with Gasteiger partial charge in [-0.05, 0) is 69.9 Å². The van der Waals surface area contributed by atoms with E-state index in [1.165, 1.54) is 54.1 Å². The molecule has 2 heteroatoms. The minimum atomic E-state index is -0.590. The van der Waals surface area contributed by atoms with Crippen molar-refractivity contribution in [2.45, 2.75) is 0 Å². The lowest BCUT2D eigenvalue weighted by atomic mass is 10.1. The molecule has 7 aromatic carbocycles. The molecule has 0 radical (unpaired) electrons. The molecular formula is C46H36P2. The molecule has 0 atom stereocenters. The Balaban J connectivity index is 1.01. The van der Waals surface area contributed by atoms with Gasteiger partial charge in [-0.3, -0.25) is 0 Å². The van der Waals surface area contributed by atoms with Gasteiger partial charge < -0.3 is 0 Å². The van der Waals surface area contributed by atoms with Crippen LogP contribution in [-0.4, -0.2) is 0 Å². The molecule has 230 valence electrons. The van der Waals surface area contributed by atoms with E-state index in [0.29, 0.717) is 0 Å². The summed E-state index contributed by atoms with van der Waals surface area (Å²) < 4.78 is 0. The first-order valence-corrected chi connectivity index (χ1v) is 19.0. The quantitative estimate of drug-likeness (QED) is 0.102. The molecule has 0 saturated carbocycles. The highest BCUT2D eigenvalue weighted by Crippen LogP contribution is 2.34. The summed E-state index contributed by atoms with van der Waals surface area (Å²) in [6.07, 6.45) is 8.78. The second-order valence-electron chi connectivity index (χ2n) is 11.5. The Labute approximate surface area is 287 Å². The third kappa shape index (κ3) is 7.87. The summed E-state index contributed by atoms with van der Waals surface area (Å²) >= 11 is 0. The van der Waals surface area contributed by atoms with Gasteiger partial charge in [0.1, 0.15) is 0 Å². The van der Waals surface area contributed by atoms with Crippen LogP contribution in [0.15, 0.2) is 194 Å². The van der Waals surface area contributed by atoms with Crippen molar-refractivity contribution < 1.29 is 0 Å². The molecule has 0 fully saturated rings. The predicted molar refractivity (Wildman–Crippen MR) is 215 cm³/mol. The summed E-state index contributed by atoms with van der Waals surface area (Å²) in [6, 6.07) is 70.3. The predicted octanol–water partition coefficient (Wildman–Crippen LogP) is 9.54. The number of hydrogen-bond donors (Lipinski definition) is 0. The fourth-order valence-corrected chi connectivity index (χ4v) is 10.3. The summed E-state index contributed by atoms with van der Waals surface area (Å²) in [5.41, 5.74) is 4.77. The van der Waals surface area contributed by atoms with Crippen LogP contribution in [-0.2, 0) is 0 Å². The fourth-order valence-electron chi connectivity index (χ4n) is 5.77. The van der Waals surface area contributed by atoms with Gasteiger partial charge in [-0.25, -0.2) is 0 Å². The van der Waals surface area contributed by atoms with E-state index in [1.54, 1.807) is 0 Å². The molecule has 0 spiro atoms. The Hall–Kier alpha value is -5.12. The third-order valence-corrected chi connectivity index (χ3v) is 13.1. The molecule has 0 amide bonds. The second kappa shape index (κ2) is 15.6. The zero-order chi connectivity index (χ0) is 32.4. The van der Waals surface area contributed by atoms with E-state index in [0.717, 1.165) is 0 Å². The van der Waals surface area contributed by atoms with Gasteiger partial charge in [0.05, 0.1) is 0 Å². The lowest BCUT2D eigenvalue weighted by molar-refractivity contribution is 1.62. The van der Waals surface area contributed by atoms with Crippen molar-refractivity contribution in [1.82, 2.24) is 0 Å². The van der Waals surface area contributed by atoms with Crippen molar-refractivity contribution in [3.63, 3.8) is 0 Å². The summed E-state index contributed by atoms with van der Waals surface area (Å²) in [7, 11) is -1.18. The number of hydrogen-bond acceptors (Lipinski definition) is 0. The van der Waals surface area contributed by atoms with Gasteiger partial charge in [0, 0.05) is 0 Å². The minimum absolute atomic E-state index is 0.590. The van der Waals surface area contributed by atoms with Gasteiger partial charge in [-0.2, -0.15) is 0 Å². The summed E-state index contributed by atoms with van der Waals surface area (Å²) in [6.45, 7) is 0. The highest BCUT2D eigenvalue weighted by Gasteiger charge is 2.17. The van der Waals surface area contributed by atoms with Crippen molar-refractivity contribution in [3.8, 4) is 0 Å². The van der Waals surface area contributed by atoms with Gasteiger partial charge >= 0.3 is 0 Å². The monoisotopic (exact) mass is 650 g/mol. The van der Waals surface area contributed by atoms with Crippen LogP contribution < -0.4 is 31.8 Å². The molecule has 0 unspecified atom stereocenters.